The molecule has 0 aliphatic heterocycles. The van der Waals surface area contributed by atoms with E-state index >= 15 is 0 Å². The Kier molecular flexibility index (Phi) is 6.85. The Morgan fingerprint density at radius 1 is 1.44 bits per heavy atom. The van der Waals surface area contributed by atoms with E-state index in [9.17, 15) is 26.4 Å². The van der Waals surface area contributed by atoms with Gasteiger partial charge in [0.05, 0.1) is 5.92 Å². The van der Waals surface area contributed by atoms with E-state index in [1.54, 1.807) is 6.92 Å². The smallest absolute Gasteiger partial charge is 0.426 e. The average Bonchev–Trinajstić information content (AvgIpc) is 2.15. The third-order valence-electron chi connectivity index (χ3n) is 2.00. The summed E-state index contributed by atoms with van der Waals surface area (Å²) in [5.74, 6) is -3.56. The van der Waals surface area contributed by atoms with E-state index < -0.39 is 40.0 Å². The van der Waals surface area contributed by atoms with Crippen LogP contribution in [0.5, 0.6) is 0 Å². The van der Waals surface area contributed by atoms with Gasteiger partial charge in [0.25, 0.3) is 10.1 Å². The fourth-order valence-electron chi connectivity index (χ4n) is 0.962. The molecule has 0 aliphatic carbocycles. The maximum Gasteiger partial charge on any atom is 0.426 e. The molecule has 2 atom stereocenters. The van der Waals surface area contributed by atoms with Crippen molar-refractivity contribution in [1.29, 1.82) is 0 Å². The van der Waals surface area contributed by atoms with Crippen molar-refractivity contribution in [2.45, 2.75) is 25.6 Å². The summed E-state index contributed by atoms with van der Waals surface area (Å²) in [4.78, 5) is 11.3. The van der Waals surface area contributed by atoms with Gasteiger partial charge in [0.1, 0.15) is 5.75 Å². The number of carbonyl (C=O) groups excluding carboxylic acids is 1. The molecule has 2 unspecified atom stereocenters. The third kappa shape index (κ3) is 6.73. The highest BCUT2D eigenvalue weighted by Crippen LogP contribution is 2.25. The highest BCUT2D eigenvalue weighted by atomic mass is 127. The van der Waals surface area contributed by atoms with Crippen LogP contribution in [-0.4, -0.2) is 41.4 Å². The number of carbonyl (C=O) groups is 1. The van der Waals surface area contributed by atoms with Crippen LogP contribution in [0.3, 0.4) is 0 Å². The van der Waals surface area contributed by atoms with E-state index in [1.165, 1.54) is 0 Å². The van der Waals surface area contributed by atoms with E-state index in [0.29, 0.717) is 0 Å². The van der Waals surface area contributed by atoms with Crippen molar-refractivity contribution >= 4 is 38.7 Å². The zero-order valence-corrected chi connectivity index (χ0v) is 12.3. The summed E-state index contributed by atoms with van der Waals surface area (Å²) in [5.41, 5.74) is 0. The topological polar surface area (TPSA) is 80.7 Å². The van der Waals surface area contributed by atoms with Gasteiger partial charge < -0.3 is 4.74 Å². The lowest BCUT2D eigenvalue weighted by atomic mass is 10.1. The van der Waals surface area contributed by atoms with Gasteiger partial charge in [-0.3, -0.25) is 9.35 Å². The minimum Gasteiger partial charge on any atom is -0.451 e. The zero-order chi connectivity index (χ0) is 14.6. The molecule has 0 radical (unpaired) electrons. The molecule has 10 heteroatoms. The van der Waals surface area contributed by atoms with Crippen molar-refractivity contribution < 1.29 is 35.7 Å². The Labute approximate surface area is 116 Å². The molecule has 0 heterocycles. The first-order valence-electron chi connectivity index (χ1n) is 4.79. The lowest BCUT2D eigenvalue weighted by molar-refractivity contribution is -0.217. The molecule has 0 aromatic heterocycles. The second-order valence-corrected chi connectivity index (χ2v) is 5.85. The highest BCUT2D eigenvalue weighted by molar-refractivity contribution is 14.1. The Balaban J connectivity index is 4.87. The van der Waals surface area contributed by atoms with Gasteiger partial charge in [0, 0.05) is 4.43 Å². The maximum atomic E-state index is 12.4. The molecule has 0 saturated heterocycles. The first-order chi connectivity index (χ1) is 8.01. The van der Waals surface area contributed by atoms with E-state index in [2.05, 4.69) is 4.74 Å². The molecular weight excluding hydrogens is 392 g/mol. The van der Waals surface area contributed by atoms with Gasteiger partial charge in [0.2, 0.25) is 6.10 Å². The van der Waals surface area contributed by atoms with Gasteiger partial charge in [-0.2, -0.15) is 21.6 Å². The Bertz CT molecular complexity index is 377. The Hall–Kier alpha value is -0.100. The summed E-state index contributed by atoms with van der Waals surface area (Å²) in [6, 6.07) is 0. The highest BCUT2D eigenvalue weighted by Gasteiger charge is 2.46. The largest absolute Gasteiger partial charge is 0.451 e. The SMILES string of the molecule is CCC(CI)C(=O)OC(CS(=O)(=O)O)C(F)(F)F. The molecule has 0 spiro atoms. The lowest BCUT2D eigenvalue weighted by Crippen LogP contribution is -2.41. The number of hydrogen-bond acceptors (Lipinski definition) is 4. The predicted octanol–water partition coefficient (Wildman–Crippen LogP) is 1.81. The minimum atomic E-state index is -5.05. The number of esters is 1. The fourth-order valence-corrected chi connectivity index (χ4v) is 2.58. The summed E-state index contributed by atoms with van der Waals surface area (Å²) in [6.45, 7) is 1.59. The molecule has 0 bridgehead atoms. The van der Waals surface area contributed by atoms with Crippen LogP contribution in [0.2, 0.25) is 0 Å². The quantitative estimate of drug-likeness (QED) is 0.316. The van der Waals surface area contributed by atoms with Crippen LogP contribution in [0.1, 0.15) is 13.3 Å². The van der Waals surface area contributed by atoms with Crippen molar-refractivity contribution in [3.63, 3.8) is 0 Å². The van der Waals surface area contributed by atoms with Crippen molar-refractivity contribution in [2.24, 2.45) is 5.92 Å². The van der Waals surface area contributed by atoms with Crippen LogP contribution in [0.25, 0.3) is 0 Å². The van der Waals surface area contributed by atoms with Crippen LogP contribution in [0.4, 0.5) is 13.2 Å². The number of hydrogen-bond donors (Lipinski definition) is 1. The van der Waals surface area contributed by atoms with Gasteiger partial charge in [-0.1, -0.05) is 29.5 Å². The van der Waals surface area contributed by atoms with E-state index in [1.807, 2.05) is 22.6 Å². The van der Waals surface area contributed by atoms with Crippen molar-refractivity contribution in [2.75, 3.05) is 10.2 Å². The monoisotopic (exact) mass is 404 g/mol. The van der Waals surface area contributed by atoms with E-state index in [0.717, 1.165) is 0 Å². The van der Waals surface area contributed by atoms with Crippen LogP contribution < -0.4 is 0 Å². The predicted molar refractivity (Wildman–Crippen MR) is 65.0 cm³/mol. The number of ether oxygens (including phenoxy) is 1. The molecule has 0 aliphatic rings. The molecule has 108 valence electrons. The molecule has 18 heavy (non-hydrogen) atoms. The van der Waals surface area contributed by atoms with Gasteiger partial charge in [-0.15, -0.1) is 0 Å². The molecule has 0 amide bonds. The molecule has 1 N–H and O–H groups in total. The molecule has 0 rings (SSSR count). The Morgan fingerprint density at radius 2 is 1.94 bits per heavy atom. The van der Waals surface area contributed by atoms with Gasteiger partial charge in [0.15, 0.2) is 0 Å². The maximum absolute atomic E-state index is 12.4. The lowest BCUT2D eigenvalue weighted by Gasteiger charge is -2.21. The molecule has 5 nitrogen and oxygen atoms in total. The van der Waals surface area contributed by atoms with Crippen LogP contribution in [0, 0.1) is 5.92 Å². The average molecular weight is 404 g/mol. The van der Waals surface area contributed by atoms with Gasteiger partial charge in [-0.05, 0) is 6.42 Å². The van der Waals surface area contributed by atoms with Crippen LogP contribution >= 0.6 is 22.6 Å². The zero-order valence-electron chi connectivity index (χ0n) is 9.28. The molecular formula is C8H12F3IO5S. The Morgan fingerprint density at radius 3 is 2.22 bits per heavy atom. The van der Waals surface area contributed by atoms with Gasteiger partial charge in [-0.25, -0.2) is 0 Å². The first-order valence-corrected chi connectivity index (χ1v) is 7.93. The molecule has 0 aromatic carbocycles. The van der Waals surface area contributed by atoms with E-state index in [-0.39, 0.29) is 10.8 Å². The van der Waals surface area contributed by atoms with Crippen molar-refractivity contribution in [1.82, 2.24) is 0 Å². The van der Waals surface area contributed by atoms with Crippen molar-refractivity contribution in [3.8, 4) is 0 Å². The number of rotatable bonds is 6. The summed E-state index contributed by atoms with van der Waals surface area (Å²) in [5, 5.41) is 0. The summed E-state index contributed by atoms with van der Waals surface area (Å²) in [7, 11) is -4.89. The third-order valence-corrected chi connectivity index (χ3v) is 3.79. The number of halogens is 4. The molecule has 0 aromatic rings. The second kappa shape index (κ2) is 6.89. The second-order valence-electron chi connectivity index (χ2n) is 3.48. The van der Waals surface area contributed by atoms with Crippen LogP contribution in [-0.2, 0) is 19.6 Å². The van der Waals surface area contributed by atoms with E-state index in [4.69, 9.17) is 4.55 Å². The summed E-state index contributed by atoms with van der Waals surface area (Å²) in [6.07, 6.45) is -7.62. The molecule has 0 fully saturated rings. The number of alkyl halides is 4. The standard InChI is InChI=1S/C8H12F3IO5S/c1-2-5(3-12)7(13)17-6(8(9,10)11)4-18(14,15)16/h5-6H,2-4H2,1H3,(H,14,15,16). The first kappa shape index (κ1) is 17.9. The van der Waals surface area contributed by atoms with Gasteiger partial charge >= 0.3 is 12.1 Å². The normalized spacial score (nSPS) is 16.1. The van der Waals surface area contributed by atoms with Crippen molar-refractivity contribution in [3.05, 3.63) is 0 Å². The fraction of sp³-hybridized carbons (Fsp3) is 0.875. The van der Waals surface area contributed by atoms with Crippen LogP contribution in [0.15, 0.2) is 0 Å². The summed E-state index contributed by atoms with van der Waals surface area (Å²) >= 11 is 1.81. The minimum absolute atomic E-state index is 0.254. The molecule has 0 saturated carbocycles. The summed E-state index contributed by atoms with van der Waals surface area (Å²) < 4.78 is 70.9.